The van der Waals surface area contributed by atoms with E-state index in [0.29, 0.717) is 55.4 Å². The van der Waals surface area contributed by atoms with Crippen LogP contribution in [-0.2, 0) is 16.7 Å². The number of para-hydroxylation sites is 1. The Labute approximate surface area is 271 Å². The average molecular weight is 596 g/mol. The van der Waals surface area contributed by atoms with E-state index in [1.54, 1.807) is 30.5 Å². The van der Waals surface area contributed by atoms with E-state index in [4.69, 9.17) is 9.47 Å². The number of benzene rings is 2. The molecule has 1 saturated heterocycles. The van der Waals surface area contributed by atoms with Crippen molar-refractivity contribution >= 4 is 53.3 Å². The summed E-state index contributed by atoms with van der Waals surface area (Å²) in [6, 6.07) is 16.8. The Morgan fingerprint density at radius 1 is 1.05 bits per heavy atom. The van der Waals surface area contributed by atoms with Crippen molar-refractivity contribution in [3.05, 3.63) is 83.7 Å². The monoisotopic (exact) mass is 595 g/mol. The molecule has 0 unspecified atom stereocenters. The van der Waals surface area contributed by atoms with Crippen molar-refractivity contribution in [1.82, 2.24) is 25.1 Å². The number of aromatic nitrogens is 4. The van der Waals surface area contributed by atoms with Gasteiger partial charge in [0.2, 0.25) is 11.8 Å². The number of nitrogens with zero attached hydrogens (tertiary/aromatic N) is 5. The van der Waals surface area contributed by atoms with Crippen molar-refractivity contribution in [2.45, 2.75) is 32.7 Å². The number of carboxylic acids is 1. The van der Waals surface area contributed by atoms with Crippen LogP contribution in [0.15, 0.2) is 66.9 Å². The molecule has 1 aliphatic rings. The normalized spacial score (nSPS) is 13.1. The zero-order chi connectivity index (χ0) is 29.7. The number of hydrogen-bond acceptors (Lipinski definition) is 8. The molecule has 0 atom stereocenters. The quantitative estimate of drug-likeness (QED) is 0.258. The first kappa shape index (κ1) is 32.0. The molecule has 2 amide bonds. The molecule has 2 aromatic heterocycles. The number of nitrogens with one attached hydrogen (secondary N) is 2. The average Bonchev–Trinajstić information content (AvgIpc) is 3.42. The summed E-state index contributed by atoms with van der Waals surface area (Å²) in [5.74, 6) is 0.875. The van der Waals surface area contributed by atoms with Crippen LogP contribution in [0.1, 0.15) is 42.4 Å². The Morgan fingerprint density at radius 2 is 1.81 bits per heavy atom. The fourth-order valence-electron chi connectivity index (χ4n) is 4.31. The van der Waals surface area contributed by atoms with E-state index in [1.165, 1.54) is 16.8 Å². The number of aromatic carboxylic acids is 1. The van der Waals surface area contributed by atoms with Crippen LogP contribution in [0.3, 0.4) is 0 Å². The molecule has 1 fully saturated rings. The molecule has 0 bridgehead atoms. The maximum absolute atomic E-state index is 13.1. The number of carboxylic acid groups (broad SMARTS) is 1. The Kier molecular flexibility index (Phi) is 10.4. The van der Waals surface area contributed by atoms with Crippen molar-refractivity contribution in [3.8, 4) is 17.3 Å². The number of hydrogen-bond donors (Lipinski definition) is 3. The fraction of sp³-hybridized carbons (Fsp3) is 0.300. The number of ether oxygens (including phenoxy) is 2. The van der Waals surface area contributed by atoms with E-state index in [-0.39, 0.29) is 47.1 Å². The van der Waals surface area contributed by atoms with Gasteiger partial charge in [0.15, 0.2) is 0 Å². The van der Waals surface area contributed by atoms with Gasteiger partial charge in [0.05, 0.1) is 30.2 Å². The van der Waals surface area contributed by atoms with Gasteiger partial charge in [0.1, 0.15) is 11.6 Å². The van der Waals surface area contributed by atoms with Gasteiger partial charge in [-0.3, -0.25) is 5.32 Å². The van der Waals surface area contributed by atoms with E-state index in [9.17, 15) is 14.7 Å². The van der Waals surface area contributed by atoms with Gasteiger partial charge < -0.3 is 24.8 Å². The zero-order valence-corrected chi connectivity index (χ0v) is 23.7. The van der Waals surface area contributed by atoms with Crippen LogP contribution < -0.4 is 20.3 Å². The Balaban J connectivity index is 0.00000423. The predicted octanol–water partition coefficient (Wildman–Crippen LogP) is 3.96. The summed E-state index contributed by atoms with van der Waals surface area (Å²) < 4.78 is 13.0. The number of morpholine rings is 1. The van der Waals surface area contributed by atoms with Gasteiger partial charge >= 0.3 is 41.6 Å². The first-order valence-electron chi connectivity index (χ1n) is 13.6. The van der Waals surface area contributed by atoms with Crippen molar-refractivity contribution in [3.63, 3.8) is 0 Å². The van der Waals surface area contributed by atoms with E-state index in [2.05, 4.69) is 25.7 Å². The first-order chi connectivity index (χ1) is 20.2. The third-order valence-corrected chi connectivity index (χ3v) is 6.59. The standard InChI is InChI=1S/C30H33N7O5.Na.H/c1-30(2,3)24-18-25(37(35-24)22-9-6-8-20(17-22)27(38)39)33-29(40)32-19-21-7-4-5-10-23(21)42-26-11-12-31-28(34-26)36-13-15-41-16-14-36;;/h4-12,17-18H,13-16,19H2,1-3H3,(H,38,39)(H2,32,33,40);;. The summed E-state index contributed by atoms with van der Waals surface area (Å²) in [6.45, 7) is 8.87. The third-order valence-electron chi connectivity index (χ3n) is 6.59. The van der Waals surface area contributed by atoms with E-state index in [1.807, 2.05) is 49.9 Å². The van der Waals surface area contributed by atoms with Crippen LogP contribution in [-0.4, -0.2) is 92.7 Å². The summed E-state index contributed by atoms with van der Waals surface area (Å²) in [5.41, 5.74) is 1.81. The Bertz CT molecular complexity index is 1580. The Hall–Kier alpha value is -3.97. The number of amides is 2. The molecule has 3 heterocycles. The second-order valence-electron chi connectivity index (χ2n) is 10.7. The van der Waals surface area contributed by atoms with E-state index >= 15 is 0 Å². The molecule has 0 saturated carbocycles. The molecule has 220 valence electrons. The number of carbonyl (C=O) groups excluding carboxylic acids is 1. The molecule has 43 heavy (non-hydrogen) atoms. The number of carbonyl (C=O) groups is 2. The van der Waals surface area contributed by atoms with Crippen LogP contribution in [0.4, 0.5) is 16.6 Å². The van der Waals surface area contributed by atoms with Crippen LogP contribution in [0, 0.1) is 0 Å². The summed E-state index contributed by atoms with van der Waals surface area (Å²) in [6.07, 6.45) is 1.66. The minimum atomic E-state index is -1.05. The van der Waals surface area contributed by atoms with Gasteiger partial charge in [-0.15, -0.1) is 0 Å². The van der Waals surface area contributed by atoms with Crippen molar-refractivity contribution in [1.29, 1.82) is 0 Å². The van der Waals surface area contributed by atoms with Gasteiger partial charge in [-0.1, -0.05) is 45.0 Å². The minimum absolute atomic E-state index is 0. The molecule has 0 radical (unpaired) electrons. The van der Waals surface area contributed by atoms with E-state index < -0.39 is 12.0 Å². The molecule has 0 spiro atoms. The summed E-state index contributed by atoms with van der Waals surface area (Å²) in [5, 5.41) is 19.8. The maximum atomic E-state index is 13.1. The molecule has 1 aliphatic heterocycles. The van der Waals surface area contributed by atoms with Crippen molar-refractivity contribution in [2.75, 3.05) is 36.5 Å². The fourth-order valence-corrected chi connectivity index (χ4v) is 4.31. The zero-order valence-electron chi connectivity index (χ0n) is 23.7. The molecule has 13 heteroatoms. The second-order valence-corrected chi connectivity index (χ2v) is 10.7. The predicted molar refractivity (Wildman–Crippen MR) is 164 cm³/mol. The van der Waals surface area contributed by atoms with Crippen LogP contribution in [0.5, 0.6) is 11.6 Å². The SMILES string of the molecule is CC(C)(C)c1cc(NC(=O)NCc2ccccc2Oc2ccnc(N3CCOCC3)n2)n(-c2cccc(C(=O)O)c2)n1.[NaH]. The van der Waals surface area contributed by atoms with Crippen LogP contribution in [0.25, 0.3) is 5.69 Å². The summed E-state index contributed by atoms with van der Waals surface area (Å²) >= 11 is 0. The summed E-state index contributed by atoms with van der Waals surface area (Å²) in [4.78, 5) is 35.5. The number of anilines is 2. The first-order valence-corrected chi connectivity index (χ1v) is 13.6. The molecule has 4 aromatic rings. The van der Waals surface area contributed by atoms with Gasteiger partial charge in [-0.05, 0) is 24.3 Å². The molecule has 5 rings (SSSR count). The summed E-state index contributed by atoms with van der Waals surface area (Å²) in [7, 11) is 0. The molecule has 0 aliphatic carbocycles. The van der Waals surface area contributed by atoms with Gasteiger partial charge in [0, 0.05) is 48.9 Å². The van der Waals surface area contributed by atoms with E-state index in [0.717, 1.165) is 11.3 Å². The van der Waals surface area contributed by atoms with Gasteiger partial charge in [0.25, 0.3) is 0 Å². The molecular weight excluding hydrogens is 561 g/mol. The van der Waals surface area contributed by atoms with Crippen molar-refractivity contribution in [2.24, 2.45) is 0 Å². The van der Waals surface area contributed by atoms with Gasteiger partial charge in [-0.2, -0.15) is 10.1 Å². The molecule has 3 N–H and O–H groups in total. The van der Waals surface area contributed by atoms with Crippen molar-refractivity contribution < 1.29 is 24.2 Å². The van der Waals surface area contributed by atoms with Crippen LogP contribution >= 0.6 is 0 Å². The Morgan fingerprint density at radius 3 is 2.56 bits per heavy atom. The number of urea groups is 1. The second kappa shape index (κ2) is 14.0. The third kappa shape index (κ3) is 8.11. The molecular formula is C30H34N7NaO5. The number of rotatable bonds is 8. The molecule has 12 nitrogen and oxygen atoms in total. The topological polar surface area (TPSA) is 144 Å². The molecule has 2 aromatic carbocycles. The van der Waals surface area contributed by atoms with Gasteiger partial charge in [-0.25, -0.2) is 19.3 Å². The van der Waals surface area contributed by atoms with Crippen LogP contribution in [0.2, 0.25) is 0 Å².